The van der Waals surface area contributed by atoms with Crippen molar-refractivity contribution in [3.05, 3.63) is 0 Å². The molecule has 2 aliphatic rings. The standard InChI is InChI=1S/C12H22N2OS/c16-12(13-10-11-6-5-9-15-11)14-7-3-1-2-4-8-14/h11H,1-10H2,(H,13,16). The molecule has 2 fully saturated rings. The van der Waals surface area contributed by atoms with E-state index in [4.69, 9.17) is 17.0 Å². The Labute approximate surface area is 104 Å². The van der Waals surface area contributed by atoms with E-state index in [-0.39, 0.29) is 0 Å². The minimum absolute atomic E-state index is 0.380. The maximum atomic E-state index is 5.57. The Morgan fingerprint density at radius 3 is 2.56 bits per heavy atom. The van der Waals surface area contributed by atoms with Crippen molar-refractivity contribution in [1.29, 1.82) is 0 Å². The molecule has 0 bridgehead atoms. The number of rotatable bonds is 2. The molecule has 92 valence electrons. The van der Waals surface area contributed by atoms with Gasteiger partial charge in [-0.3, -0.25) is 0 Å². The Hall–Kier alpha value is -0.350. The van der Waals surface area contributed by atoms with Gasteiger partial charge in [-0.1, -0.05) is 12.8 Å². The Bertz CT molecular complexity index is 221. The third-order valence-electron chi connectivity index (χ3n) is 3.40. The normalized spacial score (nSPS) is 26.5. The van der Waals surface area contributed by atoms with Gasteiger partial charge in [-0.25, -0.2) is 0 Å². The molecule has 4 heteroatoms. The van der Waals surface area contributed by atoms with E-state index in [0.717, 1.165) is 31.4 Å². The van der Waals surface area contributed by atoms with Gasteiger partial charge in [-0.2, -0.15) is 0 Å². The highest BCUT2D eigenvalue weighted by molar-refractivity contribution is 7.80. The number of likely N-dealkylation sites (tertiary alicyclic amines) is 1. The molecule has 0 radical (unpaired) electrons. The smallest absolute Gasteiger partial charge is 0.169 e. The van der Waals surface area contributed by atoms with E-state index >= 15 is 0 Å². The third-order valence-corrected chi connectivity index (χ3v) is 3.80. The van der Waals surface area contributed by atoms with Crippen molar-refractivity contribution in [2.45, 2.75) is 44.6 Å². The molecule has 0 aliphatic carbocycles. The Morgan fingerprint density at radius 2 is 1.94 bits per heavy atom. The predicted molar refractivity (Wildman–Crippen MR) is 69.6 cm³/mol. The number of hydrogen-bond donors (Lipinski definition) is 1. The first-order chi connectivity index (χ1) is 7.86. The second kappa shape index (κ2) is 6.40. The lowest BCUT2D eigenvalue weighted by molar-refractivity contribution is 0.113. The average molecular weight is 242 g/mol. The predicted octanol–water partition coefficient (Wildman–Crippen LogP) is 1.92. The molecule has 1 atom stereocenters. The lowest BCUT2D eigenvalue weighted by atomic mass is 10.2. The largest absolute Gasteiger partial charge is 0.376 e. The zero-order valence-electron chi connectivity index (χ0n) is 9.91. The van der Waals surface area contributed by atoms with Crippen molar-refractivity contribution < 1.29 is 4.74 Å². The van der Waals surface area contributed by atoms with E-state index in [1.165, 1.54) is 38.5 Å². The van der Waals surface area contributed by atoms with E-state index in [1.54, 1.807) is 0 Å². The first-order valence-electron chi connectivity index (χ1n) is 6.50. The van der Waals surface area contributed by atoms with Crippen LogP contribution in [-0.4, -0.2) is 42.4 Å². The third kappa shape index (κ3) is 3.59. The zero-order chi connectivity index (χ0) is 11.2. The van der Waals surface area contributed by atoms with Crippen LogP contribution in [0.1, 0.15) is 38.5 Å². The maximum Gasteiger partial charge on any atom is 0.169 e. The number of hydrogen-bond acceptors (Lipinski definition) is 2. The van der Waals surface area contributed by atoms with Gasteiger partial charge in [-0.05, 0) is 37.9 Å². The molecule has 16 heavy (non-hydrogen) atoms. The van der Waals surface area contributed by atoms with Crippen molar-refractivity contribution in [3.63, 3.8) is 0 Å². The molecule has 2 heterocycles. The summed E-state index contributed by atoms with van der Waals surface area (Å²) in [5.74, 6) is 0. The number of nitrogens with zero attached hydrogens (tertiary/aromatic N) is 1. The van der Waals surface area contributed by atoms with E-state index in [0.29, 0.717) is 6.10 Å². The zero-order valence-corrected chi connectivity index (χ0v) is 10.7. The summed E-state index contributed by atoms with van der Waals surface area (Å²) in [7, 11) is 0. The molecule has 0 aromatic carbocycles. The fourth-order valence-corrected chi connectivity index (χ4v) is 2.66. The molecule has 0 spiro atoms. The molecule has 0 aromatic heterocycles. The SMILES string of the molecule is S=C(NCC1CCCO1)N1CCCCCC1. The molecule has 0 amide bonds. The lowest BCUT2D eigenvalue weighted by Crippen LogP contribution is -2.43. The first-order valence-corrected chi connectivity index (χ1v) is 6.91. The second-order valence-electron chi connectivity index (χ2n) is 4.72. The fraction of sp³-hybridized carbons (Fsp3) is 0.917. The van der Waals surface area contributed by atoms with Crippen LogP contribution in [0.3, 0.4) is 0 Å². The molecular formula is C12H22N2OS. The van der Waals surface area contributed by atoms with E-state index in [2.05, 4.69) is 10.2 Å². The maximum absolute atomic E-state index is 5.57. The van der Waals surface area contributed by atoms with Crippen LogP contribution >= 0.6 is 12.2 Å². The fourth-order valence-electron chi connectivity index (χ4n) is 2.39. The first kappa shape index (κ1) is 12.1. The van der Waals surface area contributed by atoms with Crippen molar-refractivity contribution in [1.82, 2.24) is 10.2 Å². The summed E-state index contributed by atoms with van der Waals surface area (Å²) in [6.45, 7) is 4.05. The molecule has 1 N–H and O–H groups in total. The lowest BCUT2D eigenvalue weighted by Gasteiger charge is -2.24. The van der Waals surface area contributed by atoms with Crippen molar-refractivity contribution in [2.24, 2.45) is 0 Å². The van der Waals surface area contributed by atoms with Crippen LogP contribution in [-0.2, 0) is 4.74 Å². The van der Waals surface area contributed by atoms with Gasteiger partial charge in [0.05, 0.1) is 6.10 Å². The summed E-state index contributed by atoms with van der Waals surface area (Å²) in [5.41, 5.74) is 0. The van der Waals surface area contributed by atoms with Gasteiger partial charge < -0.3 is 15.0 Å². The molecule has 2 saturated heterocycles. The van der Waals surface area contributed by atoms with Crippen LogP contribution in [0.2, 0.25) is 0 Å². The van der Waals surface area contributed by atoms with Crippen LogP contribution in [0.15, 0.2) is 0 Å². The molecule has 2 rings (SSSR count). The molecule has 2 aliphatic heterocycles. The summed E-state index contributed by atoms with van der Waals surface area (Å²) in [5, 5.41) is 4.28. The summed E-state index contributed by atoms with van der Waals surface area (Å²) >= 11 is 5.43. The monoisotopic (exact) mass is 242 g/mol. The van der Waals surface area contributed by atoms with Gasteiger partial charge in [-0.15, -0.1) is 0 Å². The Morgan fingerprint density at radius 1 is 1.19 bits per heavy atom. The van der Waals surface area contributed by atoms with Gasteiger partial charge in [0.15, 0.2) is 5.11 Å². The molecule has 1 unspecified atom stereocenters. The topological polar surface area (TPSA) is 24.5 Å². The van der Waals surface area contributed by atoms with E-state index in [1.807, 2.05) is 0 Å². The highest BCUT2D eigenvalue weighted by Gasteiger charge is 2.17. The van der Waals surface area contributed by atoms with E-state index in [9.17, 15) is 0 Å². The van der Waals surface area contributed by atoms with Crippen LogP contribution in [0.5, 0.6) is 0 Å². The minimum Gasteiger partial charge on any atom is -0.376 e. The van der Waals surface area contributed by atoms with Crippen LogP contribution in [0.4, 0.5) is 0 Å². The molecule has 3 nitrogen and oxygen atoms in total. The summed E-state index contributed by atoms with van der Waals surface area (Å²) in [6, 6.07) is 0. The Balaban J connectivity index is 1.69. The van der Waals surface area contributed by atoms with Gasteiger partial charge in [0.1, 0.15) is 0 Å². The summed E-state index contributed by atoms with van der Waals surface area (Å²) < 4.78 is 5.57. The van der Waals surface area contributed by atoms with Crippen molar-refractivity contribution >= 4 is 17.3 Å². The van der Waals surface area contributed by atoms with Crippen LogP contribution < -0.4 is 5.32 Å². The highest BCUT2D eigenvalue weighted by atomic mass is 32.1. The average Bonchev–Trinajstić information content (AvgIpc) is 2.66. The second-order valence-corrected chi connectivity index (χ2v) is 5.11. The molecular weight excluding hydrogens is 220 g/mol. The Kier molecular flexibility index (Phi) is 4.85. The van der Waals surface area contributed by atoms with E-state index < -0.39 is 0 Å². The molecule has 0 saturated carbocycles. The van der Waals surface area contributed by atoms with Crippen molar-refractivity contribution in [3.8, 4) is 0 Å². The van der Waals surface area contributed by atoms with Gasteiger partial charge in [0.25, 0.3) is 0 Å². The van der Waals surface area contributed by atoms with Gasteiger partial charge >= 0.3 is 0 Å². The highest BCUT2D eigenvalue weighted by Crippen LogP contribution is 2.12. The summed E-state index contributed by atoms with van der Waals surface area (Å²) in [6.07, 6.45) is 8.02. The number of nitrogens with one attached hydrogen (secondary N) is 1. The van der Waals surface area contributed by atoms with Crippen LogP contribution in [0.25, 0.3) is 0 Å². The number of ether oxygens (including phenoxy) is 1. The minimum atomic E-state index is 0.380. The van der Waals surface area contributed by atoms with Crippen molar-refractivity contribution in [2.75, 3.05) is 26.2 Å². The van der Waals surface area contributed by atoms with Gasteiger partial charge in [0.2, 0.25) is 0 Å². The van der Waals surface area contributed by atoms with Crippen LogP contribution in [0, 0.1) is 0 Å². The molecule has 0 aromatic rings. The quantitative estimate of drug-likeness (QED) is 0.748. The number of thiocarbonyl (C=S) groups is 1. The summed E-state index contributed by atoms with van der Waals surface area (Å²) in [4.78, 5) is 2.32. The van der Waals surface area contributed by atoms with Gasteiger partial charge in [0, 0.05) is 26.2 Å².